The molecule has 0 aromatic heterocycles. The summed E-state index contributed by atoms with van der Waals surface area (Å²) in [7, 11) is 1.51. The van der Waals surface area contributed by atoms with Gasteiger partial charge < -0.3 is 15.2 Å². The Kier molecular flexibility index (Phi) is 5.26. The molecule has 22 heavy (non-hydrogen) atoms. The van der Waals surface area contributed by atoms with Gasteiger partial charge in [-0.25, -0.2) is 0 Å². The van der Waals surface area contributed by atoms with Crippen molar-refractivity contribution in [2.75, 3.05) is 32.1 Å². The number of amides is 1. The van der Waals surface area contributed by atoms with E-state index in [9.17, 15) is 9.59 Å². The van der Waals surface area contributed by atoms with Gasteiger partial charge in [-0.05, 0) is 31.5 Å². The van der Waals surface area contributed by atoms with Crippen LogP contribution >= 0.6 is 11.6 Å². The Balaban J connectivity index is 1.98. The highest BCUT2D eigenvalue weighted by Gasteiger charge is 2.29. The fourth-order valence-corrected chi connectivity index (χ4v) is 2.65. The summed E-state index contributed by atoms with van der Waals surface area (Å²) in [5.74, 6) is -0.905. The van der Waals surface area contributed by atoms with Gasteiger partial charge in [-0.2, -0.15) is 0 Å². The van der Waals surface area contributed by atoms with Crippen LogP contribution in [0.1, 0.15) is 12.0 Å². The number of benzene rings is 1. The summed E-state index contributed by atoms with van der Waals surface area (Å²) in [6.07, 6.45) is 0.575. The molecule has 1 aliphatic heterocycles. The van der Waals surface area contributed by atoms with E-state index in [1.165, 1.54) is 7.11 Å². The first-order valence-electron chi connectivity index (χ1n) is 7.00. The lowest BCUT2D eigenvalue weighted by molar-refractivity contribution is -0.141. The number of methoxy groups -OCH3 is 1. The number of ether oxygens (including phenoxy) is 1. The van der Waals surface area contributed by atoms with Crippen LogP contribution in [-0.4, -0.2) is 48.6 Å². The second kappa shape index (κ2) is 6.98. The maximum Gasteiger partial charge on any atom is 0.307 e. The van der Waals surface area contributed by atoms with Crippen LogP contribution in [0.4, 0.5) is 5.69 Å². The van der Waals surface area contributed by atoms with E-state index in [2.05, 4.69) is 5.32 Å². The predicted molar refractivity (Wildman–Crippen MR) is 83.6 cm³/mol. The summed E-state index contributed by atoms with van der Waals surface area (Å²) in [5.41, 5.74) is 1.40. The molecule has 1 heterocycles. The van der Waals surface area contributed by atoms with Crippen molar-refractivity contribution in [3.63, 3.8) is 0 Å². The molecule has 1 aliphatic rings. The summed E-state index contributed by atoms with van der Waals surface area (Å²) in [6.45, 7) is 3.02. The van der Waals surface area contributed by atoms with Crippen molar-refractivity contribution < 1.29 is 19.4 Å². The average molecular weight is 327 g/mol. The second-order valence-corrected chi connectivity index (χ2v) is 5.82. The molecular formula is C15H19ClN2O4. The van der Waals surface area contributed by atoms with E-state index in [0.29, 0.717) is 36.0 Å². The Labute approximate surface area is 134 Å². The largest absolute Gasteiger partial charge is 0.495 e. The first kappa shape index (κ1) is 16.6. The average Bonchev–Trinajstić information content (AvgIpc) is 2.91. The Morgan fingerprint density at radius 2 is 2.23 bits per heavy atom. The lowest BCUT2D eigenvalue weighted by atomic mass is 10.1. The normalized spacial score (nSPS) is 18.2. The van der Waals surface area contributed by atoms with E-state index in [-0.39, 0.29) is 18.4 Å². The van der Waals surface area contributed by atoms with Gasteiger partial charge in [0.25, 0.3) is 0 Å². The highest BCUT2D eigenvalue weighted by molar-refractivity contribution is 6.31. The van der Waals surface area contributed by atoms with E-state index in [1.54, 1.807) is 12.1 Å². The molecule has 6 nitrogen and oxygen atoms in total. The number of nitrogens with one attached hydrogen (secondary N) is 1. The van der Waals surface area contributed by atoms with Crippen LogP contribution in [0.2, 0.25) is 5.02 Å². The molecule has 7 heteroatoms. The molecule has 0 radical (unpaired) electrons. The van der Waals surface area contributed by atoms with Crippen LogP contribution in [0.5, 0.6) is 5.75 Å². The summed E-state index contributed by atoms with van der Waals surface area (Å²) < 4.78 is 5.21. The van der Waals surface area contributed by atoms with Gasteiger partial charge in [-0.15, -0.1) is 0 Å². The predicted octanol–water partition coefficient (Wildman–Crippen LogP) is 2.00. The molecule has 1 unspecified atom stereocenters. The van der Waals surface area contributed by atoms with Gasteiger partial charge in [0.2, 0.25) is 5.91 Å². The van der Waals surface area contributed by atoms with Gasteiger partial charge in [0.15, 0.2) is 0 Å². The van der Waals surface area contributed by atoms with E-state index in [1.807, 2.05) is 11.8 Å². The highest BCUT2D eigenvalue weighted by atomic mass is 35.5. The van der Waals surface area contributed by atoms with Crippen LogP contribution in [-0.2, 0) is 9.59 Å². The number of likely N-dealkylation sites (tertiary alicyclic amines) is 1. The zero-order valence-corrected chi connectivity index (χ0v) is 13.3. The molecule has 1 aromatic rings. The molecule has 1 amide bonds. The van der Waals surface area contributed by atoms with Crippen LogP contribution in [0, 0.1) is 12.8 Å². The number of anilines is 1. The molecule has 0 saturated carbocycles. The fourth-order valence-electron chi connectivity index (χ4n) is 2.50. The summed E-state index contributed by atoms with van der Waals surface area (Å²) in [4.78, 5) is 24.9. The molecule has 0 aliphatic carbocycles. The van der Waals surface area contributed by atoms with Crippen molar-refractivity contribution >= 4 is 29.2 Å². The third kappa shape index (κ3) is 3.90. The topological polar surface area (TPSA) is 78.9 Å². The molecule has 120 valence electrons. The summed E-state index contributed by atoms with van der Waals surface area (Å²) >= 11 is 6.03. The van der Waals surface area contributed by atoms with E-state index in [4.69, 9.17) is 21.4 Å². The van der Waals surface area contributed by atoms with Gasteiger partial charge in [-0.1, -0.05) is 11.6 Å². The van der Waals surface area contributed by atoms with Gasteiger partial charge in [0, 0.05) is 17.6 Å². The van der Waals surface area contributed by atoms with Crippen molar-refractivity contribution in [3.05, 3.63) is 22.7 Å². The molecule has 1 atom stereocenters. The first-order chi connectivity index (χ1) is 10.4. The van der Waals surface area contributed by atoms with Crippen LogP contribution in [0.25, 0.3) is 0 Å². The smallest absolute Gasteiger partial charge is 0.307 e. The zero-order valence-electron chi connectivity index (χ0n) is 12.6. The molecule has 1 saturated heterocycles. The Bertz CT molecular complexity index is 591. The van der Waals surface area contributed by atoms with Gasteiger partial charge in [0.1, 0.15) is 5.75 Å². The van der Waals surface area contributed by atoms with Crippen LogP contribution < -0.4 is 10.1 Å². The molecule has 1 aromatic carbocycles. The lowest BCUT2D eigenvalue weighted by Gasteiger charge is -2.16. The standard InChI is InChI=1S/C15H19ClN2O4/c1-9-5-12(13(22-2)6-11(9)16)17-14(19)8-18-4-3-10(7-18)15(20)21/h5-6,10H,3-4,7-8H2,1-2H3,(H,17,19)(H,20,21). The third-order valence-electron chi connectivity index (χ3n) is 3.74. The van der Waals surface area contributed by atoms with Gasteiger partial charge >= 0.3 is 5.97 Å². The number of aryl methyl sites for hydroxylation is 1. The molecule has 1 fully saturated rings. The SMILES string of the molecule is COc1cc(Cl)c(C)cc1NC(=O)CN1CCC(C(=O)O)C1. The number of carboxylic acids is 1. The maximum absolute atomic E-state index is 12.1. The minimum absolute atomic E-state index is 0.161. The first-order valence-corrected chi connectivity index (χ1v) is 7.37. The van der Waals surface area contributed by atoms with Crippen molar-refractivity contribution in [2.45, 2.75) is 13.3 Å². The molecule has 2 N–H and O–H groups in total. The van der Waals surface area contributed by atoms with Crippen molar-refractivity contribution in [1.29, 1.82) is 0 Å². The van der Waals surface area contributed by atoms with Crippen molar-refractivity contribution in [2.24, 2.45) is 5.92 Å². The van der Waals surface area contributed by atoms with Gasteiger partial charge in [-0.3, -0.25) is 14.5 Å². The Morgan fingerprint density at radius 3 is 2.82 bits per heavy atom. The number of hydrogen-bond acceptors (Lipinski definition) is 4. The Morgan fingerprint density at radius 1 is 1.50 bits per heavy atom. The number of carboxylic acid groups (broad SMARTS) is 1. The third-order valence-corrected chi connectivity index (χ3v) is 4.15. The van der Waals surface area contributed by atoms with Crippen molar-refractivity contribution in [1.82, 2.24) is 4.90 Å². The number of aliphatic carboxylic acids is 1. The molecule has 2 rings (SSSR count). The Hall–Kier alpha value is -1.79. The number of carbonyl (C=O) groups is 2. The highest BCUT2D eigenvalue weighted by Crippen LogP contribution is 2.31. The summed E-state index contributed by atoms with van der Waals surface area (Å²) in [5, 5.41) is 12.3. The fraction of sp³-hybridized carbons (Fsp3) is 0.467. The maximum atomic E-state index is 12.1. The second-order valence-electron chi connectivity index (χ2n) is 5.41. The van der Waals surface area contributed by atoms with Crippen LogP contribution in [0.15, 0.2) is 12.1 Å². The molecule has 0 bridgehead atoms. The number of hydrogen-bond donors (Lipinski definition) is 2. The quantitative estimate of drug-likeness (QED) is 0.865. The molecular weight excluding hydrogens is 308 g/mol. The van der Waals surface area contributed by atoms with E-state index < -0.39 is 5.97 Å². The van der Waals surface area contributed by atoms with Crippen molar-refractivity contribution in [3.8, 4) is 5.75 Å². The monoisotopic (exact) mass is 326 g/mol. The zero-order chi connectivity index (χ0) is 16.3. The minimum atomic E-state index is -0.807. The number of carbonyl (C=O) groups excluding carboxylic acids is 1. The lowest BCUT2D eigenvalue weighted by Crippen LogP contribution is -2.32. The summed E-state index contributed by atoms with van der Waals surface area (Å²) in [6, 6.07) is 3.41. The number of halogens is 1. The van der Waals surface area contributed by atoms with E-state index in [0.717, 1.165) is 5.56 Å². The molecule has 0 spiro atoms. The van der Waals surface area contributed by atoms with E-state index >= 15 is 0 Å². The minimum Gasteiger partial charge on any atom is -0.495 e. The van der Waals surface area contributed by atoms with Crippen LogP contribution in [0.3, 0.4) is 0 Å². The number of nitrogens with zero attached hydrogens (tertiary/aromatic N) is 1. The number of rotatable bonds is 5. The van der Waals surface area contributed by atoms with Gasteiger partial charge in [0.05, 0.1) is 25.3 Å².